The Hall–Kier alpha value is -2.26. The van der Waals surface area contributed by atoms with Crippen LogP contribution in [0.25, 0.3) is 0 Å². The summed E-state index contributed by atoms with van der Waals surface area (Å²) in [5, 5.41) is 0. The molecular formula is C23H30N2O5S. The number of hydrogen-bond donors (Lipinski definition) is 0. The summed E-state index contributed by atoms with van der Waals surface area (Å²) in [7, 11) is -2.14. The third-order valence-corrected chi connectivity index (χ3v) is 7.00. The predicted molar refractivity (Wildman–Crippen MR) is 118 cm³/mol. The summed E-state index contributed by atoms with van der Waals surface area (Å²) in [6.45, 7) is 5.50. The van der Waals surface area contributed by atoms with E-state index in [0.717, 1.165) is 5.56 Å². The second-order valence-electron chi connectivity index (χ2n) is 7.81. The molecule has 31 heavy (non-hydrogen) atoms. The first-order chi connectivity index (χ1) is 14.8. The first kappa shape index (κ1) is 23.4. The molecular weight excluding hydrogens is 416 g/mol. The Balaban J connectivity index is 1.85. The van der Waals surface area contributed by atoms with Gasteiger partial charge in [-0.25, -0.2) is 8.42 Å². The molecule has 8 heteroatoms. The minimum atomic E-state index is -3.73. The van der Waals surface area contributed by atoms with Gasteiger partial charge in [0.05, 0.1) is 23.7 Å². The number of rotatable bonds is 8. The average Bonchev–Trinajstić information content (AvgIpc) is 2.76. The van der Waals surface area contributed by atoms with E-state index in [0.29, 0.717) is 38.3 Å². The zero-order valence-corrected chi connectivity index (χ0v) is 19.0. The number of morpholine rings is 1. The van der Waals surface area contributed by atoms with Gasteiger partial charge in [0.15, 0.2) is 0 Å². The van der Waals surface area contributed by atoms with E-state index in [2.05, 4.69) is 0 Å². The first-order valence-corrected chi connectivity index (χ1v) is 11.8. The van der Waals surface area contributed by atoms with Crippen LogP contribution in [-0.4, -0.2) is 69.1 Å². The van der Waals surface area contributed by atoms with Gasteiger partial charge in [0.2, 0.25) is 10.0 Å². The normalized spacial score (nSPS) is 19.8. The third-order valence-electron chi connectivity index (χ3n) is 5.17. The van der Waals surface area contributed by atoms with Gasteiger partial charge in [-0.05, 0) is 37.6 Å². The van der Waals surface area contributed by atoms with E-state index in [1.807, 2.05) is 44.2 Å². The van der Waals surface area contributed by atoms with Crippen molar-refractivity contribution in [1.29, 1.82) is 0 Å². The monoisotopic (exact) mass is 446 g/mol. The number of sulfonamides is 1. The average molecular weight is 447 g/mol. The molecule has 1 aliphatic rings. The highest BCUT2D eigenvalue weighted by molar-refractivity contribution is 7.89. The van der Waals surface area contributed by atoms with E-state index in [1.54, 1.807) is 24.1 Å². The van der Waals surface area contributed by atoms with Crippen LogP contribution < -0.4 is 0 Å². The van der Waals surface area contributed by atoms with Crippen molar-refractivity contribution in [2.45, 2.75) is 37.5 Å². The fourth-order valence-electron chi connectivity index (χ4n) is 3.71. The van der Waals surface area contributed by atoms with Gasteiger partial charge in [-0.2, -0.15) is 4.31 Å². The number of amides is 1. The van der Waals surface area contributed by atoms with Crippen molar-refractivity contribution >= 4 is 15.9 Å². The number of carbonyl (C=O) groups is 1. The molecule has 0 aromatic heterocycles. The van der Waals surface area contributed by atoms with Gasteiger partial charge in [0, 0.05) is 38.9 Å². The van der Waals surface area contributed by atoms with Gasteiger partial charge in [-0.3, -0.25) is 4.79 Å². The highest BCUT2D eigenvalue weighted by atomic mass is 32.2. The topological polar surface area (TPSA) is 76.2 Å². The molecule has 0 radical (unpaired) electrons. The zero-order chi connectivity index (χ0) is 22.4. The minimum Gasteiger partial charge on any atom is -0.383 e. The third kappa shape index (κ3) is 5.92. The van der Waals surface area contributed by atoms with Gasteiger partial charge in [0.1, 0.15) is 0 Å². The molecule has 7 nitrogen and oxygen atoms in total. The SMILES string of the molecule is COCCN(Cc1ccccc1)C(=O)c1cccc(S(=O)(=O)N2C[C@H](C)O[C@@H](C)C2)c1. The lowest BCUT2D eigenvalue weighted by atomic mass is 10.1. The fraction of sp³-hybridized carbons (Fsp3) is 0.435. The lowest BCUT2D eigenvalue weighted by Gasteiger charge is -2.34. The first-order valence-electron chi connectivity index (χ1n) is 10.4. The molecule has 0 aliphatic carbocycles. The summed E-state index contributed by atoms with van der Waals surface area (Å²) in [5.41, 5.74) is 1.33. The van der Waals surface area contributed by atoms with Crippen LogP contribution in [0.3, 0.4) is 0 Å². The van der Waals surface area contributed by atoms with Crippen LogP contribution in [0.15, 0.2) is 59.5 Å². The lowest BCUT2D eigenvalue weighted by molar-refractivity contribution is -0.0440. The molecule has 2 atom stereocenters. The van der Waals surface area contributed by atoms with Crippen LogP contribution in [-0.2, 0) is 26.0 Å². The van der Waals surface area contributed by atoms with Crippen LogP contribution >= 0.6 is 0 Å². The van der Waals surface area contributed by atoms with Crippen molar-refractivity contribution in [3.8, 4) is 0 Å². The molecule has 0 bridgehead atoms. The van der Waals surface area contributed by atoms with Crippen molar-refractivity contribution in [1.82, 2.24) is 9.21 Å². The maximum atomic E-state index is 13.3. The molecule has 0 spiro atoms. The second-order valence-corrected chi connectivity index (χ2v) is 9.75. The molecule has 1 saturated heterocycles. The summed E-state index contributed by atoms with van der Waals surface area (Å²) in [4.78, 5) is 15.0. The Labute approximate surface area is 184 Å². The molecule has 0 saturated carbocycles. The zero-order valence-electron chi connectivity index (χ0n) is 18.2. The number of carbonyl (C=O) groups excluding carboxylic acids is 1. The number of methoxy groups -OCH3 is 1. The van der Waals surface area contributed by atoms with Crippen molar-refractivity contribution in [3.63, 3.8) is 0 Å². The van der Waals surface area contributed by atoms with Crippen LogP contribution in [0.4, 0.5) is 0 Å². The van der Waals surface area contributed by atoms with E-state index in [-0.39, 0.29) is 23.0 Å². The largest absolute Gasteiger partial charge is 0.383 e. The summed E-state index contributed by atoms with van der Waals surface area (Å²) in [6, 6.07) is 15.9. The Morgan fingerprint density at radius 1 is 1.10 bits per heavy atom. The standard InChI is InChI=1S/C23H30N2O5S/c1-18-15-25(16-19(2)30-18)31(27,28)22-11-7-10-21(14-22)23(26)24(12-13-29-3)17-20-8-5-4-6-9-20/h4-11,14,18-19H,12-13,15-17H2,1-3H3/t18-,19-/m0/s1. The Morgan fingerprint density at radius 2 is 1.77 bits per heavy atom. The molecule has 1 amide bonds. The van der Waals surface area contributed by atoms with Crippen molar-refractivity contribution in [3.05, 3.63) is 65.7 Å². The molecule has 2 aromatic carbocycles. The molecule has 2 aromatic rings. The number of nitrogens with zero attached hydrogens (tertiary/aromatic N) is 2. The molecule has 3 rings (SSSR count). The van der Waals surface area contributed by atoms with E-state index >= 15 is 0 Å². The summed E-state index contributed by atoms with van der Waals surface area (Å²) >= 11 is 0. The molecule has 168 valence electrons. The highest BCUT2D eigenvalue weighted by Gasteiger charge is 2.32. The van der Waals surface area contributed by atoms with Crippen LogP contribution in [0.1, 0.15) is 29.8 Å². The highest BCUT2D eigenvalue weighted by Crippen LogP contribution is 2.22. The molecule has 1 fully saturated rings. The van der Waals surface area contributed by atoms with Gasteiger partial charge < -0.3 is 14.4 Å². The molecule has 1 heterocycles. The van der Waals surface area contributed by atoms with Crippen molar-refractivity contribution in [2.75, 3.05) is 33.4 Å². The summed E-state index contributed by atoms with van der Waals surface area (Å²) in [5.74, 6) is -0.235. The lowest BCUT2D eigenvalue weighted by Crippen LogP contribution is -2.48. The maximum absolute atomic E-state index is 13.3. The number of ether oxygens (including phenoxy) is 2. The predicted octanol–water partition coefficient (Wildman–Crippen LogP) is 2.77. The molecule has 0 unspecified atom stereocenters. The summed E-state index contributed by atoms with van der Waals surface area (Å²) in [6.07, 6.45) is -0.363. The van der Waals surface area contributed by atoms with Crippen molar-refractivity contribution in [2.24, 2.45) is 0 Å². The van der Waals surface area contributed by atoms with E-state index < -0.39 is 10.0 Å². The minimum absolute atomic E-state index is 0.117. The Bertz CT molecular complexity index is 970. The Kier molecular flexibility index (Phi) is 7.83. The smallest absolute Gasteiger partial charge is 0.254 e. The van der Waals surface area contributed by atoms with Crippen molar-refractivity contribution < 1.29 is 22.7 Å². The fourth-order valence-corrected chi connectivity index (χ4v) is 5.34. The van der Waals surface area contributed by atoms with Gasteiger partial charge >= 0.3 is 0 Å². The Morgan fingerprint density at radius 3 is 2.42 bits per heavy atom. The summed E-state index contributed by atoms with van der Waals surface area (Å²) < 4.78 is 38.7. The quantitative estimate of drug-likeness (QED) is 0.623. The molecule has 1 aliphatic heterocycles. The number of hydrogen-bond acceptors (Lipinski definition) is 5. The van der Waals surface area contributed by atoms with Gasteiger partial charge in [0.25, 0.3) is 5.91 Å². The van der Waals surface area contributed by atoms with Crippen LogP contribution in [0, 0.1) is 0 Å². The maximum Gasteiger partial charge on any atom is 0.254 e. The van der Waals surface area contributed by atoms with Gasteiger partial charge in [-0.1, -0.05) is 36.4 Å². The van der Waals surface area contributed by atoms with E-state index in [4.69, 9.17) is 9.47 Å². The second kappa shape index (κ2) is 10.4. The van der Waals surface area contributed by atoms with Crippen LogP contribution in [0.5, 0.6) is 0 Å². The molecule has 0 N–H and O–H groups in total. The van der Waals surface area contributed by atoms with Crippen LogP contribution in [0.2, 0.25) is 0 Å². The number of benzene rings is 2. The van der Waals surface area contributed by atoms with E-state index in [9.17, 15) is 13.2 Å². The van der Waals surface area contributed by atoms with Gasteiger partial charge in [-0.15, -0.1) is 0 Å². The van der Waals surface area contributed by atoms with E-state index in [1.165, 1.54) is 16.4 Å².